The minimum Gasteiger partial charge on any atom is -0.444 e. The van der Waals surface area contributed by atoms with Crippen LogP contribution in [-0.4, -0.2) is 4.98 Å². The van der Waals surface area contributed by atoms with Crippen LogP contribution in [-0.2, 0) is 6.54 Å². The molecule has 0 unspecified atom stereocenters. The minimum atomic E-state index is 0.400. The van der Waals surface area contributed by atoms with E-state index in [0.29, 0.717) is 23.8 Å². The molecule has 1 aliphatic rings. The van der Waals surface area contributed by atoms with Crippen LogP contribution in [0, 0.1) is 11.3 Å². The summed E-state index contributed by atoms with van der Waals surface area (Å²) in [6.45, 7) is 7.44. The fraction of sp³-hybridized carbons (Fsp3) is 0.786. The van der Waals surface area contributed by atoms with Crippen LogP contribution in [0.15, 0.2) is 10.6 Å². The molecule has 3 nitrogen and oxygen atoms in total. The molecule has 2 rings (SSSR count). The zero-order chi connectivity index (χ0) is 12.5. The van der Waals surface area contributed by atoms with Gasteiger partial charge in [0.05, 0.1) is 12.7 Å². The second-order valence-corrected chi connectivity index (χ2v) is 6.28. The molecule has 96 valence electrons. The molecule has 0 aliphatic heterocycles. The number of oxazole rings is 1. The second-order valence-electron chi connectivity index (χ2n) is 6.28. The van der Waals surface area contributed by atoms with Gasteiger partial charge in [-0.15, -0.1) is 0 Å². The first-order chi connectivity index (χ1) is 8.00. The van der Waals surface area contributed by atoms with Crippen molar-refractivity contribution in [1.29, 1.82) is 0 Å². The Kier molecular flexibility index (Phi) is 3.57. The summed E-state index contributed by atoms with van der Waals surface area (Å²) < 4.78 is 5.66. The zero-order valence-corrected chi connectivity index (χ0v) is 11.2. The fourth-order valence-electron chi connectivity index (χ4n) is 2.85. The van der Waals surface area contributed by atoms with Crippen LogP contribution >= 0.6 is 0 Å². The summed E-state index contributed by atoms with van der Waals surface area (Å²) in [4.78, 5) is 4.19. The fourth-order valence-corrected chi connectivity index (χ4v) is 2.85. The highest BCUT2D eigenvalue weighted by atomic mass is 16.4. The molecule has 1 aromatic heterocycles. The molecule has 3 heteroatoms. The molecule has 17 heavy (non-hydrogen) atoms. The molecule has 0 atom stereocenters. The maximum absolute atomic E-state index is 5.66. The van der Waals surface area contributed by atoms with Crippen LogP contribution in [0.3, 0.4) is 0 Å². The van der Waals surface area contributed by atoms with E-state index in [-0.39, 0.29) is 0 Å². The Morgan fingerprint density at radius 2 is 1.94 bits per heavy atom. The van der Waals surface area contributed by atoms with E-state index in [0.717, 1.165) is 11.7 Å². The maximum atomic E-state index is 5.66. The van der Waals surface area contributed by atoms with E-state index in [9.17, 15) is 0 Å². The van der Waals surface area contributed by atoms with Gasteiger partial charge in [-0.1, -0.05) is 20.8 Å². The third kappa shape index (κ3) is 2.89. The largest absolute Gasteiger partial charge is 0.444 e. The van der Waals surface area contributed by atoms with Gasteiger partial charge in [-0.05, 0) is 37.0 Å². The van der Waals surface area contributed by atoms with Crippen LogP contribution in [0.1, 0.15) is 64.0 Å². The van der Waals surface area contributed by atoms with Gasteiger partial charge >= 0.3 is 0 Å². The highest BCUT2D eigenvalue weighted by molar-refractivity contribution is 5.03. The second kappa shape index (κ2) is 4.81. The van der Waals surface area contributed by atoms with E-state index >= 15 is 0 Å². The average molecular weight is 236 g/mol. The Balaban J connectivity index is 1.95. The third-order valence-electron chi connectivity index (χ3n) is 4.10. The molecule has 1 saturated carbocycles. The van der Waals surface area contributed by atoms with Crippen LogP contribution in [0.4, 0.5) is 0 Å². The van der Waals surface area contributed by atoms with E-state index in [4.69, 9.17) is 10.2 Å². The topological polar surface area (TPSA) is 52.0 Å². The van der Waals surface area contributed by atoms with Crippen molar-refractivity contribution in [2.24, 2.45) is 17.1 Å². The summed E-state index contributed by atoms with van der Waals surface area (Å²) in [7, 11) is 0. The third-order valence-corrected chi connectivity index (χ3v) is 4.10. The van der Waals surface area contributed by atoms with Crippen molar-refractivity contribution in [3.05, 3.63) is 17.8 Å². The maximum Gasteiger partial charge on any atom is 0.208 e. The highest BCUT2D eigenvalue weighted by Gasteiger charge is 2.31. The van der Waals surface area contributed by atoms with Crippen molar-refractivity contribution < 1.29 is 4.42 Å². The Morgan fingerprint density at radius 1 is 1.29 bits per heavy atom. The summed E-state index contributed by atoms with van der Waals surface area (Å²) in [5.41, 5.74) is 5.95. The molecule has 1 fully saturated rings. The molecule has 1 heterocycles. The Morgan fingerprint density at radius 3 is 2.41 bits per heavy atom. The quantitative estimate of drug-likeness (QED) is 0.855. The van der Waals surface area contributed by atoms with E-state index < -0.39 is 0 Å². The van der Waals surface area contributed by atoms with E-state index in [1.165, 1.54) is 25.7 Å². The van der Waals surface area contributed by atoms with E-state index in [2.05, 4.69) is 25.8 Å². The predicted molar refractivity (Wildman–Crippen MR) is 68.5 cm³/mol. The molecule has 1 aliphatic carbocycles. The van der Waals surface area contributed by atoms with E-state index in [1.54, 1.807) is 0 Å². The number of hydrogen-bond acceptors (Lipinski definition) is 3. The first kappa shape index (κ1) is 12.6. The lowest BCUT2D eigenvalue weighted by Gasteiger charge is -2.36. The van der Waals surface area contributed by atoms with E-state index in [1.807, 2.05) is 6.20 Å². The normalized spacial score (nSPS) is 26.1. The van der Waals surface area contributed by atoms with Gasteiger partial charge in [-0.2, -0.15) is 0 Å². The Bertz CT molecular complexity index is 357. The summed E-state index contributed by atoms with van der Waals surface area (Å²) in [5, 5.41) is 0. The van der Waals surface area contributed by atoms with Crippen molar-refractivity contribution in [3.63, 3.8) is 0 Å². The lowest BCUT2D eigenvalue weighted by atomic mass is 9.69. The monoisotopic (exact) mass is 236 g/mol. The van der Waals surface area contributed by atoms with Crippen LogP contribution in [0.2, 0.25) is 0 Å². The number of aromatic nitrogens is 1. The number of hydrogen-bond donors (Lipinski definition) is 1. The zero-order valence-electron chi connectivity index (χ0n) is 11.2. The van der Waals surface area contributed by atoms with Crippen molar-refractivity contribution in [2.75, 3.05) is 0 Å². The molecule has 0 radical (unpaired) electrons. The van der Waals surface area contributed by atoms with Gasteiger partial charge in [0.25, 0.3) is 0 Å². The minimum absolute atomic E-state index is 0.400. The van der Waals surface area contributed by atoms with Gasteiger partial charge in [-0.3, -0.25) is 0 Å². The molecule has 1 aromatic rings. The molecule has 0 amide bonds. The summed E-state index contributed by atoms with van der Waals surface area (Å²) in [5.74, 6) is 3.10. The van der Waals surface area contributed by atoms with Crippen molar-refractivity contribution in [2.45, 2.75) is 58.9 Å². The number of nitrogens with zero attached hydrogens (tertiary/aromatic N) is 1. The smallest absolute Gasteiger partial charge is 0.208 e. The summed E-state index contributed by atoms with van der Waals surface area (Å²) >= 11 is 0. The van der Waals surface area contributed by atoms with Crippen LogP contribution < -0.4 is 5.73 Å². The molecular formula is C14H24N2O. The van der Waals surface area contributed by atoms with Gasteiger partial charge in [0.15, 0.2) is 0 Å². The highest BCUT2D eigenvalue weighted by Crippen LogP contribution is 2.43. The van der Waals surface area contributed by atoms with Crippen molar-refractivity contribution in [3.8, 4) is 0 Å². The molecule has 0 aromatic carbocycles. The van der Waals surface area contributed by atoms with Crippen LogP contribution in [0.25, 0.3) is 0 Å². The summed E-state index contributed by atoms with van der Waals surface area (Å²) in [6, 6.07) is 0. The molecule has 0 bridgehead atoms. The first-order valence-corrected chi connectivity index (χ1v) is 6.65. The van der Waals surface area contributed by atoms with Gasteiger partial charge in [0.2, 0.25) is 5.89 Å². The SMILES string of the molecule is CC(C)(C)C1CCC(c2cnc(CN)o2)CC1. The number of rotatable bonds is 2. The molecule has 2 N–H and O–H groups in total. The van der Waals surface area contributed by atoms with Crippen molar-refractivity contribution in [1.82, 2.24) is 4.98 Å². The predicted octanol–water partition coefficient (Wildman–Crippen LogP) is 3.45. The Hall–Kier alpha value is -0.830. The lowest BCUT2D eigenvalue weighted by Crippen LogP contribution is -2.25. The molecule has 0 saturated heterocycles. The molecular weight excluding hydrogens is 212 g/mol. The van der Waals surface area contributed by atoms with Crippen LogP contribution in [0.5, 0.6) is 0 Å². The number of nitrogens with two attached hydrogens (primary N) is 1. The van der Waals surface area contributed by atoms with Gasteiger partial charge in [0, 0.05) is 5.92 Å². The van der Waals surface area contributed by atoms with Gasteiger partial charge in [0.1, 0.15) is 5.76 Å². The summed E-state index contributed by atoms with van der Waals surface area (Å²) in [6.07, 6.45) is 6.91. The molecule has 0 spiro atoms. The Labute approximate surface area is 104 Å². The standard InChI is InChI=1S/C14H24N2O/c1-14(2,3)11-6-4-10(5-7-11)12-9-16-13(8-15)17-12/h9-11H,4-8,15H2,1-3H3. The van der Waals surface area contributed by atoms with Crippen molar-refractivity contribution >= 4 is 0 Å². The first-order valence-electron chi connectivity index (χ1n) is 6.65. The van der Waals surface area contributed by atoms with Gasteiger partial charge < -0.3 is 10.2 Å². The lowest BCUT2D eigenvalue weighted by molar-refractivity contribution is 0.163. The van der Waals surface area contributed by atoms with Gasteiger partial charge in [-0.25, -0.2) is 4.98 Å². The average Bonchev–Trinajstić information content (AvgIpc) is 2.76.